The minimum atomic E-state index is -0.770. The number of aliphatic carboxylic acids is 1. The molecule has 0 saturated heterocycles. The quantitative estimate of drug-likeness (QED) is 0.705. The van der Waals surface area contributed by atoms with E-state index in [0.717, 1.165) is 25.8 Å². The SMILES string of the molecule is CC1CCCCC1CNC(=O)NCC1(CC(=O)O)CCC1. The third-order valence-corrected chi connectivity index (χ3v) is 5.38. The summed E-state index contributed by atoms with van der Waals surface area (Å²) >= 11 is 0. The number of carbonyl (C=O) groups excluding carboxylic acids is 1. The van der Waals surface area contributed by atoms with E-state index in [2.05, 4.69) is 17.6 Å². The summed E-state index contributed by atoms with van der Waals surface area (Å²) in [5, 5.41) is 14.8. The molecule has 2 amide bonds. The molecule has 2 aliphatic rings. The van der Waals surface area contributed by atoms with Crippen LogP contribution in [-0.2, 0) is 4.79 Å². The second kappa shape index (κ2) is 7.14. The average Bonchev–Trinajstić information content (AvgIpc) is 2.40. The molecule has 0 aliphatic heterocycles. The minimum absolute atomic E-state index is 0.149. The van der Waals surface area contributed by atoms with Crippen LogP contribution in [0, 0.1) is 17.3 Å². The van der Waals surface area contributed by atoms with Crippen LogP contribution >= 0.6 is 0 Å². The maximum atomic E-state index is 11.9. The summed E-state index contributed by atoms with van der Waals surface area (Å²) in [5.41, 5.74) is -0.207. The Morgan fingerprint density at radius 1 is 1.14 bits per heavy atom. The molecule has 5 nitrogen and oxygen atoms in total. The van der Waals surface area contributed by atoms with Gasteiger partial charge in [-0.25, -0.2) is 4.79 Å². The van der Waals surface area contributed by atoms with Crippen LogP contribution in [0.4, 0.5) is 4.79 Å². The van der Waals surface area contributed by atoms with Crippen LogP contribution in [-0.4, -0.2) is 30.2 Å². The number of hydrogen-bond donors (Lipinski definition) is 3. The highest BCUT2D eigenvalue weighted by molar-refractivity contribution is 5.74. The van der Waals surface area contributed by atoms with Crippen molar-refractivity contribution in [2.24, 2.45) is 17.3 Å². The molecule has 0 aromatic heterocycles. The molecule has 2 saturated carbocycles. The van der Waals surface area contributed by atoms with Gasteiger partial charge in [-0.05, 0) is 36.5 Å². The second-order valence-corrected chi connectivity index (χ2v) is 7.01. The van der Waals surface area contributed by atoms with E-state index in [4.69, 9.17) is 5.11 Å². The van der Waals surface area contributed by atoms with E-state index in [9.17, 15) is 9.59 Å². The van der Waals surface area contributed by atoms with Crippen LogP contribution < -0.4 is 10.6 Å². The van der Waals surface area contributed by atoms with Crippen molar-refractivity contribution >= 4 is 12.0 Å². The molecule has 2 atom stereocenters. The molecule has 3 N–H and O–H groups in total. The van der Waals surface area contributed by atoms with Crippen molar-refractivity contribution in [2.75, 3.05) is 13.1 Å². The lowest BCUT2D eigenvalue weighted by molar-refractivity contribution is -0.141. The highest BCUT2D eigenvalue weighted by atomic mass is 16.4. The number of carboxylic acid groups (broad SMARTS) is 1. The summed E-state index contributed by atoms with van der Waals surface area (Å²) in [5.74, 6) is 0.498. The predicted octanol–water partition coefficient (Wildman–Crippen LogP) is 2.76. The molecule has 120 valence electrons. The van der Waals surface area contributed by atoms with E-state index < -0.39 is 5.97 Å². The predicted molar refractivity (Wildman–Crippen MR) is 81.1 cm³/mol. The van der Waals surface area contributed by atoms with Crippen LogP contribution in [0.15, 0.2) is 0 Å². The van der Waals surface area contributed by atoms with Crippen LogP contribution in [0.3, 0.4) is 0 Å². The highest BCUT2D eigenvalue weighted by Gasteiger charge is 2.39. The second-order valence-electron chi connectivity index (χ2n) is 7.01. The van der Waals surface area contributed by atoms with Gasteiger partial charge in [0.15, 0.2) is 0 Å². The molecule has 0 aromatic carbocycles. The van der Waals surface area contributed by atoms with Crippen molar-refractivity contribution in [1.82, 2.24) is 10.6 Å². The Morgan fingerprint density at radius 2 is 1.86 bits per heavy atom. The maximum absolute atomic E-state index is 11.9. The summed E-state index contributed by atoms with van der Waals surface area (Å²) in [7, 11) is 0. The van der Waals surface area contributed by atoms with Crippen molar-refractivity contribution in [3.63, 3.8) is 0 Å². The summed E-state index contributed by atoms with van der Waals surface area (Å²) in [4.78, 5) is 22.8. The molecule has 2 unspecified atom stereocenters. The molecular weight excluding hydrogens is 268 g/mol. The molecule has 0 radical (unpaired) electrons. The highest BCUT2D eigenvalue weighted by Crippen LogP contribution is 2.43. The lowest BCUT2D eigenvalue weighted by atomic mass is 9.66. The third-order valence-electron chi connectivity index (χ3n) is 5.38. The normalized spacial score (nSPS) is 27.5. The molecule has 0 aromatic rings. The fraction of sp³-hybridized carbons (Fsp3) is 0.875. The van der Waals surface area contributed by atoms with Crippen LogP contribution in [0.25, 0.3) is 0 Å². The number of carboxylic acids is 1. The number of nitrogens with one attached hydrogen (secondary N) is 2. The van der Waals surface area contributed by atoms with Gasteiger partial charge in [0, 0.05) is 13.1 Å². The number of hydrogen-bond acceptors (Lipinski definition) is 2. The Kier molecular flexibility index (Phi) is 5.48. The zero-order valence-electron chi connectivity index (χ0n) is 13.0. The van der Waals surface area contributed by atoms with Crippen molar-refractivity contribution in [1.29, 1.82) is 0 Å². The van der Waals surface area contributed by atoms with Gasteiger partial charge in [0.25, 0.3) is 0 Å². The number of rotatable bonds is 6. The van der Waals surface area contributed by atoms with E-state index in [1.807, 2.05) is 0 Å². The Bertz CT molecular complexity index is 380. The Morgan fingerprint density at radius 3 is 2.43 bits per heavy atom. The molecule has 0 bridgehead atoms. The topological polar surface area (TPSA) is 78.4 Å². The third kappa shape index (κ3) is 4.61. The molecule has 0 spiro atoms. The van der Waals surface area contributed by atoms with Crippen molar-refractivity contribution in [2.45, 2.75) is 58.3 Å². The van der Waals surface area contributed by atoms with Gasteiger partial charge in [-0.1, -0.05) is 32.6 Å². The van der Waals surface area contributed by atoms with Crippen LogP contribution in [0.2, 0.25) is 0 Å². The largest absolute Gasteiger partial charge is 0.481 e. The fourth-order valence-electron chi connectivity index (χ4n) is 3.66. The Balaban J connectivity index is 1.68. The van der Waals surface area contributed by atoms with E-state index >= 15 is 0 Å². The standard InChI is InChI=1S/C16H28N2O3/c1-12-5-2-3-6-13(12)10-17-15(21)18-11-16(7-4-8-16)9-14(19)20/h12-13H,2-11H2,1H3,(H,19,20)(H2,17,18,21). The average molecular weight is 296 g/mol. The molecule has 2 rings (SSSR count). The Labute approximate surface area is 126 Å². The number of amides is 2. The number of urea groups is 1. The van der Waals surface area contributed by atoms with E-state index in [-0.39, 0.29) is 17.9 Å². The first-order chi connectivity index (χ1) is 10.0. The zero-order valence-corrected chi connectivity index (χ0v) is 13.0. The summed E-state index contributed by atoms with van der Waals surface area (Å²) in [6.45, 7) is 3.48. The molecule has 21 heavy (non-hydrogen) atoms. The molecule has 5 heteroatoms. The van der Waals surface area contributed by atoms with Gasteiger partial charge in [0.05, 0.1) is 6.42 Å². The van der Waals surface area contributed by atoms with Gasteiger partial charge in [-0.2, -0.15) is 0 Å². The van der Waals surface area contributed by atoms with E-state index in [1.54, 1.807) is 0 Å². The molecule has 2 fully saturated rings. The molecular formula is C16H28N2O3. The minimum Gasteiger partial charge on any atom is -0.481 e. The lowest BCUT2D eigenvalue weighted by Gasteiger charge is -2.40. The fourth-order valence-corrected chi connectivity index (χ4v) is 3.66. The van der Waals surface area contributed by atoms with Gasteiger partial charge in [-0.3, -0.25) is 4.79 Å². The van der Waals surface area contributed by atoms with E-state index in [0.29, 0.717) is 18.4 Å². The smallest absolute Gasteiger partial charge is 0.314 e. The van der Waals surface area contributed by atoms with Crippen molar-refractivity contribution < 1.29 is 14.7 Å². The van der Waals surface area contributed by atoms with Gasteiger partial charge in [0.2, 0.25) is 0 Å². The summed E-state index contributed by atoms with van der Waals surface area (Å²) in [6, 6.07) is -0.149. The van der Waals surface area contributed by atoms with E-state index in [1.165, 1.54) is 25.7 Å². The van der Waals surface area contributed by atoms with Crippen LogP contribution in [0.5, 0.6) is 0 Å². The molecule has 2 aliphatic carbocycles. The summed E-state index contributed by atoms with van der Waals surface area (Å²) in [6.07, 6.45) is 8.06. The lowest BCUT2D eigenvalue weighted by Crippen LogP contribution is -2.47. The van der Waals surface area contributed by atoms with Gasteiger partial charge < -0.3 is 15.7 Å². The number of carbonyl (C=O) groups is 2. The first kappa shape index (κ1) is 16.1. The maximum Gasteiger partial charge on any atom is 0.314 e. The van der Waals surface area contributed by atoms with Gasteiger partial charge in [0.1, 0.15) is 0 Å². The van der Waals surface area contributed by atoms with Gasteiger partial charge in [-0.15, -0.1) is 0 Å². The molecule has 0 heterocycles. The first-order valence-corrected chi connectivity index (χ1v) is 8.24. The van der Waals surface area contributed by atoms with Crippen molar-refractivity contribution in [3.05, 3.63) is 0 Å². The first-order valence-electron chi connectivity index (χ1n) is 8.24. The Hall–Kier alpha value is -1.26. The monoisotopic (exact) mass is 296 g/mol. The van der Waals surface area contributed by atoms with Gasteiger partial charge >= 0.3 is 12.0 Å². The zero-order chi connectivity index (χ0) is 15.3. The van der Waals surface area contributed by atoms with Crippen LogP contribution in [0.1, 0.15) is 58.3 Å². The summed E-state index contributed by atoms with van der Waals surface area (Å²) < 4.78 is 0. The van der Waals surface area contributed by atoms with Crippen molar-refractivity contribution in [3.8, 4) is 0 Å².